The van der Waals surface area contributed by atoms with E-state index in [-0.39, 0.29) is 23.4 Å². The summed E-state index contributed by atoms with van der Waals surface area (Å²) in [4.78, 5) is 29.0. The van der Waals surface area contributed by atoms with E-state index in [0.29, 0.717) is 32.8 Å². The van der Waals surface area contributed by atoms with E-state index >= 15 is 0 Å². The average molecular weight is 398 g/mol. The summed E-state index contributed by atoms with van der Waals surface area (Å²) < 4.78 is 10.5. The molecule has 0 saturated carbocycles. The predicted octanol–water partition coefficient (Wildman–Crippen LogP) is 1.54. The van der Waals surface area contributed by atoms with Gasteiger partial charge in [0.05, 0.1) is 6.54 Å². The van der Waals surface area contributed by atoms with Crippen molar-refractivity contribution in [3.05, 3.63) is 47.9 Å². The highest BCUT2D eigenvalue weighted by Crippen LogP contribution is 2.23. The summed E-state index contributed by atoms with van der Waals surface area (Å²) in [5.41, 5.74) is 1.39. The van der Waals surface area contributed by atoms with E-state index in [1.807, 2.05) is 29.2 Å². The van der Waals surface area contributed by atoms with E-state index < -0.39 is 0 Å². The van der Waals surface area contributed by atoms with Crippen molar-refractivity contribution in [1.82, 2.24) is 20.3 Å². The van der Waals surface area contributed by atoms with E-state index in [4.69, 9.17) is 9.26 Å². The minimum atomic E-state index is -0.245. The van der Waals surface area contributed by atoms with Gasteiger partial charge < -0.3 is 19.5 Å². The fourth-order valence-electron chi connectivity index (χ4n) is 3.92. The SMILES string of the molecule is O=C(NCC1CCCN(C(=O)CN2CCOc3ccccc3C2)C1)c1ccon1. The number of nitrogens with zero attached hydrogens (tertiary/aromatic N) is 3. The first-order valence-electron chi connectivity index (χ1n) is 10.1. The van der Waals surface area contributed by atoms with Crippen LogP contribution in [0.1, 0.15) is 28.9 Å². The third kappa shape index (κ3) is 4.95. The molecular weight excluding hydrogens is 372 g/mol. The van der Waals surface area contributed by atoms with Gasteiger partial charge in [-0.1, -0.05) is 23.4 Å². The zero-order valence-electron chi connectivity index (χ0n) is 16.4. The van der Waals surface area contributed by atoms with Crippen LogP contribution in [0.25, 0.3) is 0 Å². The van der Waals surface area contributed by atoms with Gasteiger partial charge in [-0.05, 0) is 24.8 Å². The molecule has 29 heavy (non-hydrogen) atoms. The minimum Gasteiger partial charge on any atom is -0.492 e. The van der Waals surface area contributed by atoms with Gasteiger partial charge in [-0.25, -0.2) is 0 Å². The second-order valence-electron chi connectivity index (χ2n) is 7.61. The number of carbonyl (C=O) groups is 2. The Labute approximate surface area is 169 Å². The van der Waals surface area contributed by atoms with Gasteiger partial charge in [0.1, 0.15) is 18.6 Å². The highest BCUT2D eigenvalue weighted by molar-refractivity contribution is 5.91. The van der Waals surface area contributed by atoms with Crippen molar-refractivity contribution in [3.8, 4) is 5.75 Å². The molecule has 154 valence electrons. The summed E-state index contributed by atoms with van der Waals surface area (Å²) in [6.45, 7) is 4.38. The average Bonchev–Trinajstić information content (AvgIpc) is 3.21. The largest absolute Gasteiger partial charge is 0.492 e. The van der Waals surface area contributed by atoms with Crippen LogP contribution in [0.15, 0.2) is 41.1 Å². The maximum absolute atomic E-state index is 12.9. The number of likely N-dealkylation sites (tertiary alicyclic amines) is 1. The van der Waals surface area contributed by atoms with Crippen LogP contribution >= 0.6 is 0 Å². The molecule has 1 N–H and O–H groups in total. The number of hydrogen-bond donors (Lipinski definition) is 1. The number of hydrogen-bond acceptors (Lipinski definition) is 6. The molecule has 8 nitrogen and oxygen atoms in total. The molecule has 8 heteroatoms. The summed E-state index contributed by atoms with van der Waals surface area (Å²) in [5, 5.41) is 6.53. The van der Waals surface area contributed by atoms with E-state index in [2.05, 4.69) is 15.4 Å². The van der Waals surface area contributed by atoms with Crippen LogP contribution < -0.4 is 10.1 Å². The van der Waals surface area contributed by atoms with Crippen molar-refractivity contribution in [3.63, 3.8) is 0 Å². The summed E-state index contributed by atoms with van der Waals surface area (Å²) >= 11 is 0. The van der Waals surface area contributed by atoms with Crippen LogP contribution in [0.5, 0.6) is 5.75 Å². The Morgan fingerprint density at radius 1 is 1.21 bits per heavy atom. The second-order valence-corrected chi connectivity index (χ2v) is 7.61. The van der Waals surface area contributed by atoms with Gasteiger partial charge in [0, 0.05) is 44.4 Å². The molecule has 1 aromatic heterocycles. The molecule has 2 aliphatic heterocycles. The molecular formula is C21H26N4O4. The van der Waals surface area contributed by atoms with Crippen molar-refractivity contribution in [2.75, 3.05) is 39.3 Å². The van der Waals surface area contributed by atoms with Crippen LogP contribution in [-0.2, 0) is 11.3 Å². The van der Waals surface area contributed by atoms with Gasteiger partial charge in [0.15, 0.2) is 5.69 Å². The molecule has 0 aliphatic carbocycles. The lowest BCUT2D eigenvalue weighted by Gasteiger charge is -2.34. The first-order valence-corrected chi connectivity index (χ1v) is 10.1. The number of carbonyl (C=O) groups excluding carboxylic acids is 2. The number of fused-ring (bicyclic) bond motifs is 1. The van der Waals surface area contributed by atoms with Crippen LogP contribution in [0.4, 0.5) is 0 Å². The number of benzene rings is 1. The van der Waals surface area contributed by atoms with E-state index in [1.54, 1.807) is 0 Å². The molecule has 2 amide bonds. The van der Waals surface area contributed by atoms with Gasteiger partial charge >= 0.3 is 0 Å². The molecule has 0 spiro atoms. The molecule has 0 radical (unpaired) electrons. The number of para-hydroxylation sites is 1. The van der Waals surface area contributed by atoms with Gasteiger partial charge in [0.2, 0.25) is 5.91 Å². The summed E-state index contributed by atoms with van der Waals surface area (Å²) in [5.74, 6) is 1.04. The second kappa shape index (κ2) is 9.09. The summed E-state index contributed by atoms with van der Waals surface area (Å²) in [7, 11) is 0. The smallest absolute Gasteiger partial charge is 0.273 e. The van der Waals surface area contributed by atoms with Crippen molar-refractivity contribution in [1.29, 1.82) is 0 Å². The molecule has 1 aromatic carbocycles. The number of aromatic nitrogens is 1. The molecule has 1 atom stereocenters. The fraction of sp³-hybridized carbons (Fsp3) is 0.476. The van der Waals surface area contributed by atoms with E-state index in [0.717, 1.165) is 37.2 Å². The zero-order valence-corrected chi connectivity index (χ0v) is 16.4. The fourth-order valence-corrected chi connectivity index (χ4v) is 3.92. The predicted molar refractivity (Wildman–Crippen MR) is 105 cm³/mol. The zero-order chi connectivity index (χ0) is 20.1. The Kier molecular flexibility index (Phi) is 6.09. The lowest BCUT2D eigenvalue weighted by molar-refractivity contribution is -0.134. The highest BCUT2D eigenvalue weighted by atomic mass is 16.5. The van der Waals surface area contributed by atoms with Crippen molar-refractivity contribution >= 4 is 11.8 Å². The van der Waals surface area contributed by atoms with Gasteiger partial charge in [-0.2, -0.15) is 0 Å². The van der Waals surface area contributed by atoms with Crippen LogP contribution in [0, 0.1) is 5.92 Å². The van der Waals surface area contributed by atoms with Crippen LogP contribution in [-0.4, -0.2) is 66.1 Å². The molecule has 0 bridgehead atoms. The molecule has 4 rings (SSSR count). The van der Waals surface area contributed by atoms with Gasteiger partial charge in [-0.3, -0.25) is 14.5 Å². The molecule has 1 unspecified atom stereocenters. The minimum absolute atomic E-state index is 0.136. The Bertz CT molecular complexity index is 839. The topological polar surface area (TPSA) is 87.9 Å². The monoisotopic (exact) mass is 398 g/mol. The number of nitrogens with one attached hydrogen (secondary N) is 1. The first kappa shape index (κ1) is 19.4. The van der Waals surface area contributed by atoms with E-state index in [1.165, 1.54) is 12.3 Å². The normalized spacial score (nSPS) is 19.7. The molecule has 3 heterocycles. The van der Waals surface area contributed by atoms with Gasteiger partial charge in [0.25, 0.3) is 5.91 Å². The molecule has 1 fully saturated rings. The van der Waals surface area contributed by atoms with Crippen LogP contribution in [0.3, 0.4) is 0 Å². The van der Waals surface area contributed by atoms with Crippen LogP contribution in [0.2, 0.25) is 0 Å². The molecule has 2 aliphatic rings. The van der Waals surface area contributed by atoms with Gasteiger partial charge in [-0.15, -0.1) is 0 Å². The molecule has 2 aromatic rings. The lowest BCUT2D eigenvalue weighted by atomic mass is 9.98. The first-order chi connectivity index (χ1) is 14.2. The Morgan fingerprint density at radius 3 is 2.97 bits per heavy atom. The quantitative estimate of drug-likeness (QED) is 0.822. The number of rotatable bonds is 5. The van der Waals surface area contributed by atoms with Crippen molar-refractivity contribution in [2.45, 2.75) is 19.4 Å². The lowest BCUT2D eigenvalue weighted by Crippen LogP contribution is -2.47. The van der Waals surface area contributed by atoms with Crippen molar-refractivity contribution in [2.24, 2.45) is 5.92 Å². The number of piperidine rings is 1. The highest BCUT2D eigenvalue weighted by Gasteiger charge is 2.26. The Hall–Kier alpha value is -2.87. The van der Waals surface area contributed by atoms with Crippen molar-refractivity contribution < 1.29 is 18.8 Å². The summed E-state index contributed by atoms with van der Waals surface area (Å²) in [6, 6.07) is 9.52. The third-order valence-electron chi connectivity index (χ3n) is 5.48. The Balaban J connectivity index is 1.28. The number of ether oxygens (including phenoxy) is 1. The maximum Gasteiger partial charge on any atom is 0.273 e. The third-order valence-corrected chi connectivity index (χ3v) is 5.48. The van der Waals surface area contributed by atoms with E-state index in [9.17, 15) is 9.59 Å². The Morgan fingerprint density at radius 2 is 2.10 bits per heavy atom. The maximum atomic E-state index is 12.9. The summed E-state index contributed by atoms with van der Waals surface area (Å²) in [6.07, 6.45) is 3.32. The molecule has 1 saturated heterocycles. The standard InChI is InChI=1S/C21H26N4O4/c26-20(15-24-9-11-28-19-6-2-1-5-17(19)14-24)25-8-3-4-16(13-25)12-22-21(27)18-7-10-29-23-18/h1-2,5-7,10,16H,3-4,8-9,11-15H2,(H,22,27). The number of amides is 2.